The van der Waals surface area contributed by atoms with E-state index >= 15 is 0 Å². The van der Waals surface area contributed by atoms with Crippen molar-refractivity contribution < 1.29 is 0 Å². The average molecular weight is 299 g/mol. The molecule has 0 unspecified atom stereocenters. The van der Waals surface area contributed by atoms with Gasteiger partial charge in [0.25, 0.3) is 0 Å². The largest absolute Gasteiger partial charge is 0.399 e. The Morgan fingerprint density at radius 2 is 1.70 bits per heavy atom. The lowest BCUT2D eigenvalue weighted by Gasteiger charge is -1.99. The Kier molecular flexibility index (Phi) is 3.12. The van der Waals surface area contributed by atoms with Gasteiger partial charge in [0.2, 0.25) is 0 Å². The minimum Gasteiger partial charge on any atom is -0.399 e. The quantitative estimate of drug-likeness (QED) is 0.395. The second kappa shape index (κ2) is 5.29. The molecule has 23 heavy (non-hydrogen) atoms. The minimum atomic E-state index is 0.749. The first kappa shape index (κ1) is 13.6. The molecule has 4 aromatic rings. The van der Waals surface area contributed by atoms with Gasteiger partial charge in [-0.3, -0.25) is 4.99 Å². The van der Waals surface area contributed by atoms with Gasteiger partial charge in [-0.05, 0) is 54.1 Å². The molecule has 0 aliphatic rings. The molecule has 0 amide bonds. The summed E-state index contributed by atoms with van der Waals surface area (Å²) in [6.07, 6.45) is 0. The van der Waals surface area contributed by atoms with E-state index < -0.39 is 0 Å². The van der Waals surface area contributed by atoms with E-state index in [9.17, 15) is 0 Å². The van der Waals surface area contributed by atoms with Gasteiger partial charge >= 0.3 is 0 Å². The van der Waals surface area contributed by atoms with Crippen LogP contribution in [0.3, 0.4) is 0 Å². The second-order valence-electron chi connectivity index (χ2n) is 5.72. The van der Waals surface area contributed by atoms with Crippen molar-refractivity contribution >= 4 is 38.8 Å². The van der Waals surface area contributed by atoms with Crippen LogP contribution in [0.2, 0.25) is 0 Å². The molecule has 0 aliphatic heterocycles. The Hall–Kier alpha value is -3.07. The van der Waals surface area contributed by atoms with Crippen LogP contribution in [0.5, 0.6) is 0 Å². The molecule has 3 N–H and O–H groups in total. The third kappa shape index (κ3) is 2.46. The number of aliphatic imine (C=N–C) groups is 1. The molecule has 0 bridgehead atoms. The number of nitrogens with one attached hydrogen (secondary N) is 1. The second-order valence-corrected chi connectivity index (χ2v) is 5.72. The van der Waals surface area contributed by atoms with E-state index in [1.54, 1.807) is 0 Å². The van der Waals surface area contributed by atoms with Gasteiger partial charge in [-0.2, -0.15) is 0 Å². The number of aromatic amines is 1. The molecule has 0 saturated carbocycles. The van der Waals surface area contributed by atoms with Crippen molar-refractivity contribution in [2.75, 3.05) is 5.73 Å². The van der Waals surface area contributed by atoms with Gasteiger partial charge in [0.05, 0.1) is 17.1 Å². The third-order valence-electron chi connectivity index (χ3n) is 4.11. The molecule has 0 fully saturated rings. The van der Waals surface area contributed by atoms with Crippen LogP contribution in [-0.2, 0) is 0 Å². The molecule has 112 valence electrons. The van der Waals surface area contributed by atoms with E-state index in [0.717, 1.165) is 28.3 Å². The molecular weight excluding hydrogens is 282 g/mol. The highest BCUT2D eigenvalue weighted by molar-refractivity contribution is 6.11. The maximum atomic E-state index is 5.72. The van der Waals surface area contributed by atoms with Crippen LogP contribution in [0.15, 0.2) is 71.7 Å². The number of fused-ring (bicyclic) bond motifs is 3. The van der Waals surface area contributed by atoms with Crippen LogP contribution in [0.25, 0.3) is 21.7 Å². The molecule has 0 atom stereocenters. The zero-order valence-corrected chi connectivity index (χ0v) is 12.9. The van der Waals surface area contributed by atoms with E-state index in [-0.39, 0.29) is 0 Å². The first-order valence-electron chi connectivity index (χ1n) is 7.62. The summed E-state index contributed by atoms with van der Waals surface area (Å²) < 4.78 is 0. The lowest BCUT2D eigenvalue weighted by atomic mass is 10.1. The Balaban J connectivity index is 1.82. The number of benzene rings is 3. The number of rotatable bonds is 2. The topological polar surface area (TPSA) is 54.2 Å². The van der Waals surface area contributed by atoms with E-state index in [4.69, 9.17) is 5.73 Å². The molecule has 0 radical (unpaired) electrons. The summed E-state index contributed by atoms with van der Waals surface area (Å²) in [7, 11) is 0. The molecule has 0 saturated heterocycles. The van der Waals surface area contributed by atoms with Gasteiger partial charge in [0.15, 0.2) is 0 Å². The number of aromatic nitrogens is 1. The molecule has 1 heterocycles. The van der Waals surface area contributed by atoms with E-state index in [1.165, 1.54) is 16.2 Å². The zero-order chi connectivity index (χ0) is 15.8. The number of nitrogens with two attached hydrogens (primary N) is 1. The molecule has 3 aromatic carbocycles. The highest BCUT2D eigenvalue weighted by atomic mass is 14.8. The van der Waals surface area contributed by atoms with Crippen molar-refractivity contribution in [2.45, 2.75) is 6.92 Å². The Labute approximate surface area is 134 Å². The standard InChI is InChI=1S/C20H17N3/c1-13(22-16-9-7-15(21)8-10-16)20-12-18-17-5-3-2-4-14(17)6-11-19(18)23-20/h2-12,23H,21H2,1H3. The maximum absolute atomic E-state index is 5.72. The van der Waals surface area contributed by atoms with Crippen molar-refractivity contribution in [3.63, 3.8) is 0 Å². The van der Waals surface area contributed by atoms with Crippen LogP contribution >= 0.6 is 0 Å². The smallest absolute Gasteiger partial charge is 0.0635 e. The van der Waals surface area contributed by atoms with Crippen LogP contribution in [0.4, 0.5) is 11.4 Å². The predicted molar refractivity (Wildman–Crippen MR) is 98.5 cm³/mol. The predicted octanol–water partition coefficient (Wildman–Crippen LogP) is 5.04. The highest BCUT2D eigenvalue weighted by Crippen LogP contribution is 2.26. The third-order valence-corrected chi connectivity index (χ3v) is 4.11. The summed E-state index contributed by atoms with van der Waals surface area (Å²) in [5.41, 5.74) is 10.5. The summed E-state index contributed by atoms with van der Waals surface area (Å²) in [4.78, 5) is 8.14. The zero-order valence-electron chi connectivity index (χ0n) is 12.9. The van der Waals surface area contributed by atoms with Crippen molar-refractivity contribution in [3.05, 3.63) is 72.4 Å². The van der Waals surface area contributed by atoms with Crippen molar-refractivity contribution in [1.29, 1.82) is 0 Å². The van der Waals surface area contributed by atoms with Crippen molar-refractivity contribution in [2.24, 2.45) is 4.99 Å². The van der Waals surface area contributed by atoms with E-state index in [1.807, 2.05) is 31.2 Å². The van der Waals surface area contributed by atoms with Crippen LogP contribution in [0, 0.1) is 0 Å². The lowest BCUT2D eigenvalue weighted by Crippen LogP contribution is -1.93. The summed E-state index contributed by atoms with van der Waals surface area (Å²) in [6.45, 7) is 2.02. The van der Waals surface area contributed by atoms with Gasteiger partial charge in [-0.25, -0.2) is 0 Å². The van der Waals surface area contributed by atoms with Gasteiger partial charge in [0.1, 0.15) is 0 Å². The Morgan fingerprint density at radius 3 is 2.52 bits per heavy atom. The van der Waals surface area contributed by atoms with Crippen molar-refractivity contribution in [3.8, 4) is 0 Å². The molecule has 4 rings (SSSR count). The van der Waals surface area contributed by atoms with Gasteiger partial charge in [-0.1, -0.05) is 30.3 Å². The fourth-order valence-corrected chi connectivity index (χ4v) is 2.88. The highest BCUT2D eigenvalue weighted by Gasteiger charge is 2.07. The lowest BCUT2D eigenvalue weighted by molar-refractivity contribution is 1.38. The van der Waals surface area contributed by atoms with Crippen LogP contribution in [0.1, 0.15) is 12.6 Å². The molecule has 0 aliphatic carbocycles. The SMILES string of the molecule is CC(=Nc1ccc(N)cc1)c1cc2c(ccc3ccccc32)[nH]1. The molecule has 1 aromatic heterocycles. The number of hydrogen-bond acceptors (Lipinski definition) is 2. The fraction of sp³-hybridized carbons (Fsp3) is 0.0500. The number of anilines is 1. The molecule has 3 nitrogen and oxygen atoms in total. The van der Waals surface area contributed by atoms with E-state index in [0.29, 0.717) is 0 Å². The van der Waals surface area contributed by atoms with Gasteiger partial charge < -0.3 is 10.7 Å². The monoisotopic (exact) mass is 299 g/mol. The van der Waals surface area contributed by atoms with Crippen LogP contribution in [-0.4, -0.2) is 10.7 Å². The Bertz CT molecular complexity index is 1020. The number of nitrogen functional groups attached to an aromatic ring is 1. The maximum Gasteiger partial charge on any atom is 0.0635 e. The van der Waals surface area contributed by atoms with Crippen LogP contribution < -0.4 is 5.73 Å². The molecule has 0 spiro atoms. The number of nitrogens with zero attached hydrogens (tertiary/aromatic N) is 1. The number of H-pyrrole nitrogens is 1. The summed E-state index contributed by atoms with van der Waals surface area (Å²) >= 11 is 0. The number of hydrogen-bond donors (Lipinski definition) is 2. The first-order valence-corrected chi connectivity index (χ1v) is 7.62. The Morgan fingerprint density at radius 1 is 0.913 bits per heavy atom. The first-order chi connectivity index (χ1) is 11.2. The molecular formula is C20H17N3. The summed E-state index contributed by atoms with van der Waals surface area (Å²) in [5.74, 6) is 0. The van der Waals surface area contributed by atoms with Crippen molar-refractivity contribution in [1.82, 2.24) is 4.98 Å². The summed E-state index contributed by atoms with van der Waals surface area (Å²) in [5, 5.41) is 3.73. The fourth-order valence-electron chi connectivity index (χ4n) is 2.88. The normalized spacial score (nSPS) is 12.1. The average Bonchev–Trinajstić information content (AvgIpc) is 3.02. The van der Waals surface area contributed by atoms with Gasteiger partial charge in [0, 0.05) is 16.6 Å². The van der Waals surface area contributed by atoms with Gasteiger partial charge in [-0.15, -0.1) is 0 Å². The summed E-state index contributed by atoms with van der Waals surface area (Å²) in [6, 6.07) is 22.5. The van der Waals surface area contributed by atoms with E-state index in [2.05, 4.69) is 52.4 Å². The molecule has 3 heteroatoms. The minimum absolute atomic E-state index is 0.749.